The molecule has 3 rings (SSSR count). The van der Waals surface area contributed by atoms with Gasteiger partial charge in [0.25, 0.3) is 5.56 Å². The van der Waals surface area contributed by atoms with Crippen LogP contribution in [-0.2, 0) is 4.79 Å². The van der Waals surface area contributed by atoms with Crippen molar-refractivity contribution >= 4 is 34.1 Å². The molecule has 0 bridgehead atoms. The van der Waals surface area contributed by atoms with E-state index in [1.165, 1.54) is 35.4 Å². The van der Waals surface area contributed by atoms with Gasteiger partial charge in [-0.25, -0.2) is 9.97 Å². The second kappa shape index (κ2) is 5.37. The number of carbonyl (C=O) groups is 1. The third-order valence-corrected chi connectivity index (χ3v) is 4.89. The van der Waals surface area contributed by atoms with Gasteiger partial charge in [0, 0.05) is 29.8 Å². The van der Waals surface area contributed by atoms with Crippen molar-refractivity contribution < 1.29 is 4.79 Å². The fourth-order valence-electron chi connectivity index (χ4n) is 2.04. The molecule has 0 spiro atoms. The van der Waals surface area contributed by atoms with Crippen LogP contribution in [0.4, 0.5) is 5.13 Å². The number of nitrogens with zero attached hydrogens (tertiary/aromatic N) is 3. The van der Waals surface area contributed by atoms with Gasteiger partial charge in [-0.1, -0.05) is 11.8 Å². The highest BCUT2D eigenvalue weighted by molar-refractivity contribution is 7.99. The van der Waals surface area contributed by atoms with E-state index in [9.17, 15) is 9.59 Å². The number of thioether (sulfide) groups is 1. The van der Waals surface area contributed by atoms with Crippen LogP contribution in [0.3, 0.4) is 0 Å². The molecule has 0 aromatic carbocycles. The largest absolute Gasteiger partial charge is 0.302 e. The quantitative estimate of drug-likeness (QED) is 0.873. The fourth-order valence-corrected chi connectivity index (χ4v) is 3.86. The molecule has 1 aliphatic heterocycles. The Labute approximate surface area is 123 Å². The Morgan fingerprint density at radius 2 is 2.45 bits per heavy atom. The smallest absolute Gasteiger partial charge is 0.254 e. The van der Waals surface area contributed by atoms with E-state index >= 15 is 0 Å². The van der Waals surface area contributed by atoms with Gasteiger partial charge in [-0.2, -0.15) is 0 Å². The third kappa shape index (κ3) is 2.61. The zero-order valence-corrected chi connectivity index (χ0v) is 12.3. The van der Waals surface area contributed by atoms with Gasteiger partial charge in [-0.3, -0.25) is 14.2 Å². The average molecular weight is 308 g/mol. The number of aryl methyl sites for hydroxylation is 1. The molecule has 0 radical (unpaired) electrons. The summed E-state index contributed by atoms with van der Waals surface area (Å²) in [5.74, 6) is 0.560. The van der Waals surface area contributed by atoms with Crippen LogP contribution in [0.25, 0.3) is 0 Å². The molecule has 1 unspecified atom stereocenters. The predicted molar refractivity (Wildman–Crippen MR) is 78.4 cm³/mol. The minimum atomic E-state index is -0.141. The summed E-state index contributed by atoms with van der Waals surface area (Å²) in [4.78, 5) is 32.2. The lowest BCUT2D eigenvalue weighted by Crippen LogP contribution is -2.26. The van der Waals surface area contributed by atoms with Crippen molar-refractivity contribution in [3.05, 3.63) is 33.7 Å². The maximum absolute atomic E-state index is 12.0. The summed E-state index contributed by atoms with van der Waals surface area (Å²) in [5.41, 5.74) is 0.774. The van der Waals surface area contributed by atoms with Crippen LogP contribution in [0, 0.1) is 6.92 Å². The van der Waals surface area contributed by atoms with Gasteiger partial charge in [0.1, 0.15) is 0 Å². The summed E-state index contributed by atoms with van der Waals surface area (Å²) in [6, 6.07) is 1.28. The molecule has 0 saturated carbocycles. The van der Waals surface area contributed by atoms with E-state index in [4.69, 9.17) is 0 Å². The molecule has 104 valence electrons. The van der Waals surface area contributed by atoms with E-state index in [0.29, 0.717) is 16.0 Å². The molecule has 1 atom stereocenters. The standard InChI is InChI=1S/C12H12N4O2S2/c1-7-5-19-11(14-7)15-9(17)4-8-6-20-12-13-3-2-10(18)16(8)12/h2-3,5,8H,4,6H2,1H3,(H,14,15,17). The van der Waals surface area contributed by atoms with Crippen LogP contribution in [0.5, 0.6) is 0 Å². The van der Waals surface area contributed by atoms with E-state index in [-0.39, 0.29) is 23.9 Å². The Hall–Kier alpha value is -1.67. The molecule has 2 aromatic heterocycles. The van der Waals surface area contributed by atoms with Crippen LogP contribution in [-0.4, -0.2) is 26.2 Å². The summed E-state index contributed by atoms with van der Waals surface area (Å²) < 4.78 is 1.59. The van der Waals surface area contributed by atoms with Gasteiger partial charge >= 0.3 is 0 Å². The van der Waals surface area contributed by atoms with Crippen molar-refractivity contribution in [1.82, 2.24) is 14.5 Å². The van der Waals surface area contributed by atoms with Gasteiger partial charge in [-0.05, 0) is 6.92 Å². The van der Waals surface area contributed by atoms with Gasteiger partial charge < -0.3 is 5.32 Å². The number of hydrogen-bond acceptors (Lipinski definition) is 6. The molecule has 1 amide bonds. The highest BCUT2D eigenvalue weighted by atomic mass is 32.2. The Morgan fingerprint density at radius 1 is 1.60 bits per heavy atom. The maximum Gasteiger partial charge on any atom is 0.254 e. The van der Waals surface area contributed by atoms with Crippen molar-refractivity contribution in [2.45, 2.75) is 24.5 Å². The molecule has 1 N–H and O–H groups in total. The highest BCUT2D eigenvalue weighted by Crippen LogP contribution is 2.31. The lowest BCUT2D eigenvalue weighted by atomic mass is 10.2. The minimum absolute atomic E-state index is 0.108. The molecule has 2 aromatic rings. The number of nitrogens with one attached hydrogen (secondary N) is 1. The van der Waals surface area contributed by atoms with Crippen LogP contribution in [0.1, 0.15) is 18.2 Å². The molecule has 0 saturated heterocycles. The zero-order valence-electron chi connectivity index (χ0n) is 10.7. The lowest BCUT2D eigenvalue weighted by Gasteiger charge is -2.11. The van der Waals surface area contributed by atoms with Gasteiger partial charge in [-0.15, -0.1) is 11.3 Å². The second-order valence-electron chi connectivity index (χ2n) is 4.45. The summed E-state index contributed by atoms with van der Waals surface area (Å²) in [7, 11) is 0. The zero-order chi connectivity index (χ0) is 14.1. The third-order valence-electron chi connectivity index (χ3n) is 2.90. The van der Waals surface area contributed by atoms with Crippen molar-refractivity contribution in [2.75, 3.05) is 11.1 Å². The first-order valence-electron chi connectivity index (χ1n) is 6.06. The summed E-state index contributed by atoms with van der Waals surface area (Å²) >= 11 is 2.90. The van der Waals surface area contributed by atoms with Gasteiger partial charge in [0.2, 0.25) is 5.91 Å². The molecular weight excluding hydrogens is 296 g/mol. The SMILES string of the molecule is Cc1csc(NC(=O)CC2CSc3nccc(=O)n32)n1. The predicted octanol–water partition coefficient (Wildman–Crippen LogP) is 1.68. The number of hydrogen-bond donors (Lipinski definition) is 1. The molecular formula is C12H12N4O2S2. The van der Waals surface area contributed by atoms with E-state index in [2.05, 4.69) is 15.3 Å². The topological polar surface area (TPSA) is 76.9 Å². The molecule has 20 heavy (non-hydrogen) atoms. The van der Waals surface area contributed by atoms with Crippen LogP contribution < -0.4 is 10.9 Å². The number of carbonyl (C=O) groups excluding carboxylic acids is 1. The second-order valence-corrected chi connectivity index (χ2v) is 6.29. The molecule has 0 aliphatic carbocycles. The van der Waals surface area contributed by atoms with E-state index in [1.54, 1.807) is 4.57 Å². The van der Waals surface area contributed by atoms with Crippen molar-refractivity contribution in [3.63, 3.8) is 0 Å². The Morgan fingerprint density at radius 3 is 3.20 bits per heavy atom. The van der Waals surface area contributed by atoms with Crippen LogP contribution in [0.15, 0.2) is 27.6 Å². The van der Waals surface area contributed by atoms with E-state index < -0.39 is 0 Å². The Bertz CT molecular complexity index is 709. The first-order chi connectivity index (χ1) is 9.63. The fraction of sp³-hybridized carbons (Fsp3) is 0.333. The highest BCUT2D eigenvalue weighted by Gasteiger charge is 2.26. The number of anilines is 1. The number of aromatic nitrogens is 3. The van der Waals surface area contributed by atoms with Crippen molar-refractivity contribution in [1.29, 1.82) is 0 Å². The Balaban J connectivity index is 1.71. The summed E-state index contributed by atoms with van der Waals surface area (Å²) in [6.45, 7) is 1.88. The Kier molecular flexibility index (Phi) is 3.58. The number of fused-ring (bicyclic) bond motifs is 1. The summed E-state index contributed by atoms with van der Waals surface area (Å²) in [6.07, 6.45) is 1.76. The van der Waals surface area contributed by atoms with E-state index in [1.807, 2.05) is 12.3 Å². The number of amides is 1. The normalized spacial score (nSPS) is 16.9. The van der Waals surface area contributed by atoms with Crippen LogP contribution >= 0.6 is 23.1 Å². The first-order valence-corrected chi connectivity index (χ1v) is 7.92. The van der Waals surface area contributed by atoms with Crippen molar-refractivity contribution in [3.8, 4) is 0 Å². The number of thiazole rings is 1. The number of rotatable bonds is 3. The molecule has 1 aliphatic rings. The van der Waals surface area contributed by atoms with Crippen molar-refractivity contribution in [2.24, 2.45) is 0 Å². The summed E-state index contributed by atoms with van der Waals surface area (Å²) in [5, 5.41) is 5.92. The maximum atomic E-state index is 12.0. The van der Waals surface area contributed by atoms with Gasteiger partial charge in [0.05, 0.1) is 11.7 Å². The molecule has 8 heteroatoms. The lowest BCUT2D eigenvalue weighted by molar-refractivity contribution is -0.116. The molecule has 3 heterocycles. The monoisotopic (exact) mass is 308 g/mol. The first kappa shape index (κ1) is 13.3. The minimum Gasteiger partial charge on any atom is -0.302 e. The van der Waals surface area contributed by atoms with Crippen LogP contribution in [0.2, 0.25) is 0 Å². The average Bonchev–Trinajstić information content (AvgIpc) is 2.97. The molecule has 0 fully saturated rings. The van der Waals surface area contributed by atoms with Gasteiger partial charge in [0.15, 0.2) is 10.3 Å². The molecule has 6 nitrogen and oxygen atoms in total. The van der Waals surface area contributed by atoms with E-state index in [0.717, 1.165) is 5.69 Å².